The van der Waals surface area contributed by atoms with Crippen LogP contribution in [-0.4, -0.2) is 18.4 Å². The van der Waals surface area contributed by atoms with E-state index in [1.807, 2.05) is 0 Å². The van der Waals surface area contributed by atoms with Crippen LogP contribution in [0.5, 0.6) is 0 Å². The molecule has 1 aliphatic heterocycles. The molecular weight excluding hydrogens is 258 g/mol. The lowest BCUT2D eigenvalue weighted by Gasteiger charge is -2.29. The molecule has 1 atom stereocenters. The third-order valence-electron chi connectivity index (χ3n) is 5.22. The molecule has 0 amide bonds. The van der Waals surface area contributed by atoms with Gasteiger partial charge >= 0.3 is 0 Å². The van der Waals surface area contributed by atoms with Gasteiger partial charge in [0.1, 0.15) is 0 Å². The summed E-state index contributed by atoms with van der Waals surface area (Å²) in [6.07, 6.45) is 17.9. The van der Waals surface area contributed by atoms with Gasteiger partial charge in [0.2, 0.25) is 0 Å². The average molecular weight is 291 g/mol. The second kappa shape index (κ2) is 9.40. The Hall–Kier alpha value is -0.630. The highest BCUT2D eigenvalue weighted by atomic mass is 16.1. The first-order valence-corrected chi connectivity index (χ1v) is 9.23. The molecule has 0 aromatic heterocycles. The molecule has 2 aliphatic rings. The van der Waals surface area contributed by atoms with Gasteiger partial charge in [-0.1, -0.05) is 51.0 Å². The smallest absolute Gasteiger partial charge is 0.157 e. The Morgan fingerprint density at radius 1 is 0.952 bits per heavy atom. The number of Topliss-reactive ketones (excluding diaryl/α,β-unsaturated/α-hetero) is 1. The van der Waals surface area contributed by atoms with Gasteiger partial charge in [0, 0.05) is 11.6 Å². The Bertz CT molecular complexity index is 337. The molecule has 1 heterocycles. The van der Waals surface area contributed by atoms with Crippen molar-refractivity contribution in [3.8, 4) is 0 Å². The van der Waals surface area contributed by atoms with Crippen molar-refractivity contribution in [2.24, 2.45) is 5.92 Å². The van der Waals surface area contributed by atoms with Crippen LogP contribution in [0.4, 0.5) is 0 Å². The lowest BCUT2D eigenvalue weighted by atomic mass is 9.83. The topological polar surface area (TPSA) is 29.1 Å². The molecule has 1 aliphatic carbocycles. The molecule has 1 unspecified atom stereocenters. The fourth-order valence-electron chi connectivity index (χ4n) is 3.98. The highest BCUT2D eigenvalue weighted by molar-refractivity contribution is 5.94. The molecule has 0 bridgehead atoms. The quantitative estimate of drug-likeness (QED) is 0.793. The number of hydrogen-bond donors (Lipinski definition) is 1. The third-order valence-corrected chi connectivity index (χ3v) is 5.22. The van der Waals surface area contributed by atoms with E-state index in [9.17, 15) is 4.79 Å². The number of rotatable bonds is 2. The zero-order valence-corrected chi connectivity index (χ0v) is 13.8. The normalized spacial score (nSPS) is 27.3. The SMILES string of the molecule is CC(=O)C1=CCCCCCNC1C1CCCCCCCC1. The van der Waals surface area contributed by atoms with Crippen molar-refractivity contribution in [2.75, 3.05) is 6.54 Å². The van der Waals surface area contributed by atoms with Crippen LogP contribution in [0.25, 0.3) is 0 Å². The van der Waals surface area contributed by atoms with E-state index in [1.165, 1.54) is 70.6 Å². The summed E-state index contributed by atoms with van der Waals surface area (Å²) in [5.41, 5.74) is 1.08. The van der Waals surface area contributed by atoms with Crippen molar-refractivity contribution in [1.29, 1.82) is 0 Å². The van der Waals surface area contributed by atoms with Crippen LogP contribution in [0.15, 0.2) is 11.6 Å². The van der Waals surface area contributed by atoms with Crippen LogP contribution in [0, 0.1) is 5.92 Å². The minimum Gasteiger partial charge on any atom is -0.310 e. The van der Waals surface area contributed by atoms with Gasteiger partial charge in [-0.3, -0.25) is 4.79 Å². The van der Waals surface area contributed by atoms with Gasteiger partial charge in [0.05, 0.1) is 0 Å². The standard InChI is InChI=1S/C19H33NO/c1-16(21)18-14-10-6-7-11-15-20-19(18)17-12-8-4-2-3-5-9-13-17/h14,17,19-20H,2-13,15H2,1H3. The summed E-state index contributed by atoms with van der Waals surface area (Å²) in [7, 11) is 0. The van der Waals surface area contributed by atoms with Crippen LogP contribution < -0.4 is 5.32 Å². The first-order chi connectivity index (χ1) is 10.3. The highest BCUT2D eigenvalue weighted by Gasteiger charge is 2.27. The van der Waals surface area contributed by atoms with Gasteiger partial charge in [-0.25, -0.2) is 0 Å². The number of ketones is 1. The van der Waals surface area contributed by atoms with E-state index in [1.54, 1.807) is 6.92 Å². The maximum absolute atomic E-state index is 12.1. The zero-order chi connectivity index (χ0) is 14.9. The predicted molar refractivity (Wildman–Crippen MR) is 89.4 cm³/mol. The van der Waals surface area contributed by atoms with Gasteiger partial charge in [0.15, 0.2) is 5.78 Å². The van der Waals surface area contributed by atoms with Crippen molar-refractivity contribution >= 4 is 5.78 Å². The molecule has 2 rings (SSSR count). The highest BCUT2D eigenvalue weighted by Crippen LogP contribution is 2.28. The van der Waals surface area contributed by atoms with Crippen LogP contribution in [0.1, 0.15) is 84.0 Å². The van der Waals surface area contributed by atoms with Crippen LogP contribution >= 0.6 is 0 Å². The molecule has 1 saturated carbocycles. The third kappa shape index (κ3) is 5.58. The van der Waals surface area contributed by atoms with Gasteiger partial charge in [-0.15, -0.1) is 0 Å². The molecule has 21 heavy (non-hydrogen) atoms. The summed E-state index contributed by atoms with van der Waals surface area (Å²) < 4.78 is 0. The summed E-state index contributed by atoms with van der Waals surface area (Å²) in [5.74, 6) is 0.950. The second-order valence-corrected chi connectivity index (χ2v) is 6.96. The summed E-state index contributed by atoms with van der Waals surface area (Å²) in [6, 6.07) is 0.318. The Morgan fingerprint density at radius 3 is 2.24 bits per heavy atom. The van der Waals surface area contributed by atoms with E-state index < -0.39 is 0 Å². The van der Waals surface area contributed by atoms with Crippen molar-refractivity contribution in [1.82, 2.24) is 5.32 Å². The van der Waals surface area contributed by atoms with Crippen molar-refractivity contribution in [3.63, 3.8) is 0 Å². The van der Waals surface area contributed by atoms with E-state index in [-0.39, 0.29) is 5.78 Å². The summed E-state index contributed by atoms with van der Waals surface area (Å²) in [5, 5.41) is 3.74. The van der Waals surface area contributed by atoms with Gasteiger partial charge in [-0.05, 0) is 51.5 Å². The molecule has 0 aromatic carbocycles. The molecule has 1 fully saturated rings. The first kappa shape index (κ1) is 16.7. The largest absolute Gasteiger partial charge is 0.310 e. The lowest BCUT2D eigenvalue weighted by molar-refractivity contribution is -0.114. The molecule has 2 nitrogen and oxygen atoms in total. The van der Waals surface area contributed by atoms with E-state index in [0.717, 1.165) is 18.5 Å². The number of nitrogens with one attached hydrogen (secondary N) is 1. The van der Waals surface area contributed by atoms with E-state index in [2.05, 4.69) is 11.4 Å². The van der Waals surface area contributed by atoms with Gasteiger partial charge < -0.3 is 5.32 Å². The average Bonchev–Trinajstić information content (AvgIpc) is 2.68. The minimum absolute atomic E-state index is 0.286. The van der Waals surface area contributed by atoms with Gasteiger partial charge in [0.25, 0.3) is 0 Å². The summed E-state index contributed by atoms with van der Waals surface area (Å²) in [6.45, 7) is 2.83. The predicted octanol–water partition coefficient (Wildman–Crippen LogP) is 4.78. The Labute approximate surface area is 130 Å². The number of carbonyl (C=O) groups excluding carboxylic acids is 1. The van der Waals surface area contributed by atoms with Gasteiger partial charge in [-0.2, -0.15) is 0 Å². The van der Waals surface area contributed by atoms with E-state index >= 15 is 0 Å². The number of hydrogen-bond acceptors (Lipinski definition) is 2. The van der Waals surface area contributed by atoms with Crippen molar-refractivity contribution in [2.45, 2.75) is 90.0 Å². The lowest BCUT2D eigenvalue weighted by Crippen LogP contribution is -2.40. The number of carbonyl (C=O) groups is 1. The fraction of sp³-hybridized carbons (Fsp3) is 0.842. The van der Waals surface area contributed by atoms with Crippen molar-refractivity contribution < 1.29 is 4.79 Å². The van der Waals surface area contributed by atoms with E-state index in [0.29, 0.717) is 12.0 Å². The molecule has 0 aromatic rings. The maximum Gasteiger partial charge on any atom is 0.157 e. The van der Waals surface area contributed by atoms with E-state index in [4.69, 9.17) is 0 Å². The summed E-state index contributed by atoms with van der Waals surface area (Å²) in [4.78, 5) is 12.1. The Morgan fingerprint density at radius 2 is 1.57 bits per heavy atom. The molecule has 0 radical (unpaired) electrons. The Kier molecular flexibility index (Phi) is 7.49. The van der Waals surface area contributed by atoms with Crippen LogP contribution in [0.3, 0.4) is 0 Å². The fourth-order valence-corrected chi connectivity index (χ4v) is 3.98. The van der Waals surface area contributed by atoms with Crippen LogP contribution in [0.2, 0.25) is 0 Å². The minimum atomic E-state index is 0.286. The maximum atomic E-state index is 12.1. The molecule has 120 valence electrons. The summed E-state index contributed by atoms with van der Waals surface area (Å²) >= 11 is 0. The monoisotopic (exact) mass is 291 g/mol. The molecule has 0 saturated heterocycles. The van der Waals surface area contributed by atoms with Crippen LogP contribution in [-0.2, 0) is 4.79 Å². The first-order valence-electron chi connectivity index (χ1n) is 9.23. The van der Waals surface area contributed by atoms with Crippen molar-refractivity contribution in [3.05, 3.63) is 11.6 Å². The molecule has 1 N–H and O–H groups in total. The molecule has 2 heteroatoms. The zero-order valence-electron chi connectivity index (χ0n) is 13.8. The molecular formula is C19H33NO. The number of allylic oxidation sites excluding steroid dienone is 1. The molecule has 0 spiro atoms. The Balaban J connectivity index is 2.11. The second-order valence-electron chi connectivity index (χ2n) is 6.96.